The lowest BCUT2D eigenvalue weighted by atomic mass is 9.74. The van der Waals surface area contributed by atoms with Crippen molar-refractivity contribution in [1.82, 2.24) is 10.2 Å². The van der Waals surface area contributed by atoms with Crippen LogP contribution >= 0.6 is 0 Å². The third-order valence-corrected chi connectivity index (χ3v) is 4.20. The number of hydrogen-bond acceptors (Lipinski definition) is 2. The third kappa shape index (κ3) is 2.73. The Morgan fingerprint density at radius 1 is 1.33 bits per heavy atom. The molecule has 15 heavy (non-hydrogen) atoms. The quantitative estimate of drug-likeness (QED) is 0.714. The summed E-state index contributed by atoms with van der Waals surface area (Å²) in [5, 5.41) is 3.48. The van der Waals surface area contributed by atoms with Gasteiger partial charge in [0.2, 0.25) is 0 Å². The van der Waals surface area contributed by atoms with E-state index in [2.05, 4.69) is 31.0 Å². The predicted molar refractivity (Wildman–Crippen MR) is 65.1 cm³/mol. The van der Waals surface area contributed by atoms with Gasteiger partial charge in [-0.1, -0.05) is 20.3 Å². The summed E-state index contributed by atoms with van der Waals surface area (Å²) in [5.41, 5.74) is 0.577. The second-order valence-electron chi connectivity index (χ2n) is 6.21. The van der Waals surface area contributed by atoms with Gasteiger partial charge in [-0.25, -0.2) is 0 Å². The van der Waals surface area contributed by atoms with Crippen LogP contribution in [0.2, 0.25) is 0 Å². The second kappa shape index (κ2) is 4.42. The van der Waals surface area contributed by atoms with Crippen molar-refractivity contribution in [1.29, 1.82) is 0 Å². The van der Waals surface area contributed by atoms with E-state index in [9.17, 15) is 0 Å². The van der Waals surface area contributed by atoms with Gasteiger partial charge in [-0.15, -0.1) is 0 Å². The summed E-state index contributed by atoms with van der Waals surface area (Å²) in [7, 11) is 0. The fourth-order valence-electron chi connectivity index (χ4n) is 3.34. The Labute approximate surface area is 94.4 Å². The molecule has 0 aromatic carbocycles. The van der Waals surface area contributed by atoms with Gasteiger partial charge in [-0.3, -0.25) is 4.90 Å². The van der Waals surface area contributed by atoms with Gasteiger partial charge in [-0.05, 0) is 31.6 Å². The van der Waals surface area contributed by atoms with E-state index in [-0.39, 0.29) is 0 Å². The highest BCUT2D eigenvalue weighted by Crippen LogP contribution is 2.37. The Morgan fingerprint density at radius 2 is 2.13 bits per heavy atom. The van der Waals surface area contributed by atoms with Gasteiger partial charge in [0.25, 0.3) is 0 Å². The Bertz CT molecular complexity index is 213. The summed E-state index contributed by atoms with van der Waals surface area (Å²) in [4.78, 5) is 2.75. The Balaban J connectivity index is 1.96. The molecule has 1 aliphatic heterocycles. The van der Waals surface area contributed by atoms with Crippen molar-refractivity contribution >= 4 is 0 Å². The highest BCUT2D eigenvalue weighted by atomic mass is 15.2. The van der Waals surface area contributed by atoms with Crippen LogP contribution in [0.3, 0.4) is 0 Å². The molecule has 88 valence electrons. The number of rotatable bonds is 1. The monoisotopic (exact) mass is 210 g/mol. The number of nitrogens with one attached hydrogen (secondary N) is 1. The molecule has 0 amide bonds. The van der Waals surface area contributed by atoms with Crippen molar-refractivity contribution < 1.29 is 0 Å². The van der Waals surface area contributed by atoms with Gasteiger partial charge in [0, 0.05) is 31.7 Å². The first kappa shape index (κ1) is 11.4. The molecule has 0 aromatic heterocycles. The standard InChI is InChI=1S/C13H26N2/c1-11-10-14-7-8-15(11)12-5-4-6-13(2,3)9-12/h11-12,14H,4-10H2,1-3H3. The van der Waals surface area contributed by atoms with Crippen molar-refractivity contribution in [2.24, 2.45) is 5.41 Å². The van der Waals surface area contributed by atoms with Gasteiger partial charge >= 0.3 is 0 Å². The first-order valence-corrected chi connectivity index (χ1v) is 6.55. The molecule has 2 fully saturated rings. The van der Waals surface area contributed by atoms with Gasteiger partial charge < -0.3 is 5.32 Å². The topological polar surface area (TPSA) is 15.3 Å². The van der Waals surface area contributed by atoms with Crippen LogP contribution in [0.1, 0.15) is 46.5 Å². The van der Waals surface area contributed by atoms with Gasteiger partial charge in [0.1, 0.15) is 0 Å². The molecule has 0 radical (unpaired) electrons. The molecule has 2 heteroatoms. The molecule has 0 bridgehead atoms. The normalized spacial score (nSPS) is 37.8. The van der Waals surface area contributed by atoms with E-state index < -0.39 is 0 Å². The molecular formula is C13H26N2. The molecule has 1 N–H and O–H groups in total. The van der Waals surface area contributed by atoms with Crippen LogP contribution in [0.15, 0.2) is 0 Å². The van der Waals surface area contributed by atoms with E-state index >= 15 is 0 Å². The first-order valence-electron chi connectivity index (χ1n) is 6.55. The molecule has 1 heterocycles. The summed E-state index contributed by atoms with van der Waals surface area (Å²) in [6.45, 7) is 10.9. The van der Waals surface area contributed by atoms with Crippen LogP contribution in [0.5, 0.6) is 0 Å². The van der Waals surface area contributed by atoms with Crippen molar-refractivity contribution in [3.05, 3.63) is 0 Å². The van der Waals surface area contributed by atoms with E-state index in [1.807, 2.05) is 0 Å². The second-order valence-corrected chi connectivity index (χ2v) is 6.21. The van der Waals surface area contributed by atoms with Crippen LogP contribution in [-0.2, 0) is 0 Å². The zero-order chi connectivity index (χ0) is 10.9. The Kier molecular flexibility index (Phi) is 3.36. The fourth-order valence-corrected chi connectivity index (χ4v) is 3.34. The lowest BCUT2D eigenvalue weighted by Crippen LogP contribution is -2.55. The molecule has 0 spiro atoms. The average molecular weight is 210 g/mol. The largest absolute Gasteiger partial charge is 0.314 e. The molecule has 1 saturated carbocycles. The minimum absolute atomic E-state index is 0.577. The predicted octanol–water partition coefficient (Wildman–Crippen LogP) is 2.25. The zero-order valence-corrected chi connectivity index (χ0v) is 10.6. The number of nitrogens with zero attached hydrogens (tertiary/aromatic N) is 1. The molecule has 2 atom stereocenters. The smallest absolute Gasteiger partial charge is 0.0195 e. The van der Waals surface area contributed by atoms with E-state index in [0.717, 1.165) is 12.1 Å². The maximum absolute atomic E-state index is 3.48. The van der Waals surface area contributed by atoms with Crippen molar-refractivity contribution in [2.75, 3.05) is 19.6 Å². The SMILES string of the molecule is CC1CNCCN1C1CCCC(C)(C)C1. The van der Waals surface area contributed by atoms with Crippen molar-refractivity contribution in [3.63, 3.8) is 0 Å². The lowest BCUT2D eigenvalue weighted by Gasteiger charge is -2.45. The van der Waals surface area contributed by atoms with Crippen LogP contribution in [0.25, 0.3) is 0 Å². The summed E-state index contributed by atoms with van der Waals surface area (Å²) < 4.78 is 0. The summed E-state index contributed by atoms with van der Waals surface area (Å²) in [5.74, 6) is 0. The lowest BCUT2D eigenvalue weighted by molar-refractivity contribution is 0.0524. The Hall–Kier alpha value is -0.0800. The summed E-state index contributed by atoms with van der Waals surface area (Å²) >= 11 is 0. The maximum atomic E-state index is 3.48. The Morgan fingerprint density at radius 3 is 2.80 bits per heavy atom. The molecular weight excluding hydrogens is 184 g/mol. The summed E-state index contributed by atoms with van der Waals surface area (Å²) in [6, 6.07) is 1.59. The molecule has 2 unspecified atom stereocenters. The zero-order valence-electron chi connectivity index (χ0n) is 10.6. The number of hydrogen-bond donors (Lipinski definition) is 1. The minimum atomic E-state index is 0.577. The van der Waals surface area contributed by atoms with Crippen LogP contribution < -0.4 is 5.32 Å². The van der Waals surface area contributed by atoms with Gasteiger partial charge in [0.15, 0.2) is 0 Å². The minimum Gasteiger partial charge on any atom is -0.314 e. The average Bonchev–Trinajstić information content (AvgIpc) is 2.17. The molecule has 0 aromatic rings. The molecule has 2 rings (SSSR count). The van der Waals surface area contributed by atoms with E-state index in [1.54, 1.807) is 0 Å². The molecule has 1 aliphatic carbocycles. The molecule has 2 aliphatic rings. The molecule has 2 nitrogen and oxygen atoms in total. The number of piperazine rings is 1. The van der Waals surface area contributed by atoms with Gasteiger partial charge in [0.05, 0.1) is 0 Å². The summed E-state index contributed by atoms with van der Waals surface area (Å²) in [6.07, 6.45) is 5.67. The van der Waals surface area contributed by atoms with Gasteiger partial charge in [-0.2, -0.15) is 0 Å². The van der Waals surface area contributed by atoms with Crippen molar-refractivity contribution in [3.8, 4) is 0 Å². The van der Waals surface area contributed by atoms with Crippen molar-refractivity contribution in [2.45, 2.75) is 58.5 Å². The van der Waals surface area contributed by atoms with E-state index in [4.69, 9.17) is 0 Å². The highest BCUT2D eigenvalue weighted by molar-refractivity contribution is 4.89. The molecule has 1 saturated heterocycles. The fraction of sp³-hybridized carbons (Fsp3) is 1.00. The van der Waals surface area contributed by atoms with Crippen LogP contribution in [-0.4, -0.2) is 36.6 Å². The van der Waals surface area contributed by atoms with Crippen LogP contribution in [0.4, 0.5) is 0 Å². The van der Waals surface area contributed by atoms with E-state index in [1.165, 1.54) is 45.3 Å². The van der Waals surface area contributed by atoms with Crippen LogP contribution in [0, 0.1) is 5.41 Å². The maximum Gasteiger partial charge on any atom is 0.0195 e. The first-order chi connectivity index (χ1) is 7.08. The van der Waals surface area contributed by atoms with E-state index in [0.29, 0.717) is 5.41 Å². The third-order valence-electron chi connectivity index (χ3n) is 4.20. The highest BCUT2D eigenvalue weighted by Gasteiger charge is 2.33.